The molecule has 2 fully saturated rings. The Kier molecular flexibility index (Phi) is 6.83. The molecular weight excluding hydrogens is 378 g/mol. The third-order valence-electron chi connectivity index (χ3n) is 6.01. The summed E-state index contributed by atoms with van der Waals surface area (Å²) in [5, 5.41) is 3.91. The number of amides is 3. The van der Waals surface area contributed by atoms with E-state index < -0.39 is 0 Å². The first-order chi connectivity index (χ1) is 13.4. The molecule has 3 rings (SSSR count). The van der Waals surface area contributed by atoms with E-state index >= 15 is 0 Å². The molecular formula is C21H30ClN3O3. The van der Waals surface area contributed by atoms with Crippen molar-refractivity contribution in [3.05, 3.63) is 34.9 Å². The number of rotatable bonds is 4. The van der Waals surface area contributed by atoms with Gasteiger partial charge in [0.2, 0.25) is 5.91 Å². The second-order valence-corrected chi connectivity index (χ2v) is 8.50. The minimum atomic E-state index is -0.138. The molecule has 0 radical (unpaired) electrons. The van der Waals surface area contributed by atoms with E-state index in [-0.39, 0.29) is 23.3 Å². The minimum Gasteiger partial charge on any atom is -0.381 e. The van der Waals surface area contributed by atoms with Crippen LogP contribution in [0.1, 0.15) is 31.2 Å². The van der Waals surface area contributed by atoms with Crippen molar-refractivity contribution in [2.75, 3.05) is 46.9 Å². The minimum absolute atomic E-state index is 0.0148. The molecule has 6 nitrogen and oxygen atoms in total. The summed E-state index contributed by atoms with van der Waals surface area (Å²) in [5.41, 5.74) is 1.02. The summed E-state index contributed by atoms with van der Waals surface area (Å²) in [6.07, 6.45) is 3.14. The van der Waals surface area contributed by atoms with Gasteiger partial charge in [0.05, 0.1) is 0 Å². The summed E-state index contributed by atoms with van der Waals surface area (Å²) in [6, 6.07) is 7.95. The van der Waals surface area contributed by atoms with E-state index in [1.54, 1.807) is 19.0 Å². The number of nitrogens with one attached hydrogen (secondary N) is 1. The highest BCUT2D eigenvalue weighted by Gasteiger charge is 2.36. The number of hydrogen-bond donors (Lipinski definition) is 1. The van der Waals surface area contributed by atoms with Crippen molar-refractivity contribution in [2.45, 2.75) is 31.1 Å². The highest BCUT2D eigenvalue weighted by Crippen LogP contribution is 2.35. The van der Waals surface area contributed by atoms with Crippen LogP contribution in [0.15, 0.2) is 24.3 Å². The molecule has 0 spiro atoms. The van der Waals surface area contributed by atoms with Gasteiger partial charge in [0.25, 0.3) is 0 Å². The third kappa shape index (κ3) is 4.78. The van der Waals surface area contributed by atoms with Crippen LogP contribution in [-0.4, -0.2) is 68.7 Å². The molecule has 0 saturated carbocycles. The molecule has 1 aromatic carbocycles. The molecule has 0 aliphatic carbocycles. The summed E-state index contributed by atoms with van der Waals surface area (Å²) in [5.74, 6) is 0.0484. The van der Waals surface area contributed by atoms with Crippen molar-refractivity contribution in [1.82, 2.24) is 15.1 Å². The number of halogens is 1. The third-order valence-corrected chi connectivity index (χ3v) is 6.24. The zero-order valence-corrected chi connectivity index (χ0v) is 17.5. The van der Waals surface area contributed by atoms with Gasteiger partial charge in [0, 0.05) is 63.3 Å². The predicted molar refractivity (Wildman–Crippen MR) is 110 cm³/mol. The Morgan fingerprint density at radius 2 is 1.93 bits per heavy atom. The lowest BCUT2D eigenvalue weighted by molar-refractivity contribution is -0.126. The highest BCUT2D eigenvalue weighted by molar-refractivity contribution is 6.30. The van der Waals surface area contributed by atoms with Gasteiger partial charge in [0.15, 0.2) is 0 Å². The summed E-state index contributed by atoms with van der Waals surface area (Å²) >= 11 is 6.22. The van der Waals surface area contributed by atoms with Crippen LogP contribution >= 0.6 is 11.6 Å². The number of ether oxygens (including phenoxy) is 1. The maximum absolute atomic E-state index is 12.8. The zero-order valence-electron chi connectivity index (χ0n) is 16.7. The molecule has 2 aliphatic heterocycles. The monoisotopic (exact) mass is 407 g/mol. The van der Waals surface area contributed by atoms with Gasteiger partial charge in [0.1, 0.15) is 0 Å². The van der Waals surface area contributed by atoms with Crippen LogP contribution in [0.5, 0.6) is 0 Å². The SMILES string of the molecule is CN(C)C(=O)N1CCC(C(=O)NCC2(c3cccc(Cl)c3)CCOCC2)CC1. The molecule has 0 atom stereocenters. The number of benzene rings is 1. The lowest BCUT2D eigenvalue weighted by Crippen LogP contribution is -2.49. The van der Waals surface area contributed by atoms with E-state index in [4.69, 9.17) is 16.3 Å². The van der Waals surface area contributed by atoms with Crippen LogP contribution < -0.4 is 5.32 Å². The van der Waals surface area contributed by atoms with Crippen molar-refractivity contribution in [3.8, 4) is 0 Å². The number of piperidine rings is 1. The van der Waals surface area contributed by atoms with E-state index in [1.807, 2.05) is 23.1 Å². The lowest BCUT2D eigenvalue weighted by atomic mass is 9.74. The van der Waals surface area contributed by atoms with Crippen LogP contribution in [0.25, 0.3) is 0 Å². The highest BCUT2D eigenvalue weighted by atomic mass is 35.5. The Balaban J connectivity index is 1.60. The van der Waals surface area contributed by atoms with E-state index in [0.29, 0.717) is 50.7 Å². The fourth-order valence-corrected chi connectivity index (χ4v) is 4.35. The molecule has 1 aromatic rings. The Bertz CT molecular complexity index is 696. The summed E-state index contributed by atoms with van der Waals surface area (Å²) in [6.45, 7) is 3.22. The molecule has 28 heavy (non-hydrogen) atoms. The Hall–Kier alpha value is -1.79. The van der Waals surface area contributed by atoms with E-state index in [9.17, 15) is 9.59 Å². The normalized spacial score (nSPS) is 19.9. The Labute approximate surface area is 172 Å². The maximum atomic E-state index is 12.8. The molecule has 7 heteroatoms. The second kappa shape index (κ2) is 9.14. The van der Waals surface area contributed by atoms with Gasteiger partial charge in [-0.1, -0.05) is 23.7 Å². The van der Waals surface area contributed by atoms with Crippen molar-refractivity contribution >= 4 is 23.5 Å². The molecule has 3 amide bonds. The van der Waals surface area contributed by atoms with Gasteiger partial charge in [-0.25, -0.2) is 4.79 Å². The fourth-order valence-electron chi connectivity index (χ4n) is 4.16. The number of likely N-dealkylation sites (tertiary alicyclic amines) is 1. The van der Waals surface area contributed by atoms with Gasteiger partial charge >= 0.3 is 6.03 Å². The standard InChI is InChI=1S/C21H30ClN3O3/c1-24(2)20(27)25-10-6-16(7-11-25)19(26)23-15-21(8-12-28-13-9-21)17-4-3-5-18(22)14-17/h3-5,14,16H,6-13,15H2,1-2H3,(H,23,26). The predicted octanol–water partition coefficient (Wildman–Crippen LogP) is 2.90. The molecule has 154 valence electrons. The lowest BCUT2D eigenvalue weighted by Gasteiger charge is -2.39. The average molecular weight is 408 g/mol. The van der Waals surface area contributed by atoms with Crippen LogP contribution in [0.2, 0.25) is 5.02 Å². The van der Waals surface area contributed by atoms with Gasteiger partial charge in [-0.15, -0.1) is 0 Å². The molecule has 2 aliphatic rings. The number of carbonyl (C=O) groups excluding carboxylic acids is 2. The Morgan fingerprint density at radius 1 is 1.25 bits per heavy atom. The van der Waals surface area contributed by atoms with E-state index in [0.717, 1.165) is 18.4 Å². The molecule has 0 unspecified atom stereocenters. The smallest absolute Gasteiger partial charge is 0.319 e. The number of carbonyl (C=O) groups is 2. The molecule has 2 saturated heterocycles. The van der Waals surface area contributed by atoms with Crippen LogP contribution in [-0.2, 0) is 14.9 Å². The molecule has 0 aromatic heterocycles. The van der Waals surface area contributed by atoms with Crippen LogP contribution in [0.4, 0.5) is 4.79 Å². The Morgan fingerprint density at radius 3 is 2.54 bits per heavy atom. The first-order valence-corrected chi connectivity index (χ1v) is 10.4. The zero-order chi connectivity index (χ0) is 20.1. The second-order valence-electron chi connectivity index (χ2n) is 8.06. The van der Waals surface area contributed by atoms with Gasteiger partial charge in [-0.05, 0) is 43.4 Å². The average Bonchev–Trinajstić information content (AvgIpc) is 2.72. The van der Waals surface area contributed by atoms with Crippen molar-refractivity contribution in [1.29, 1.82) is 0 Å². The van der Waals surface area contributed by atoms with Crippen LogP contribution in [0, 0.1) is 5.92 Å². The summed E-state index contributed by atoms with van der Waals surface area (Å²) in [7, 11) is 3.51. The van der Waals surface area contributed by atoms with Gasteiger partial charge < -0.3 is 19.9 Å². The number of nitrogens with zero attached hydrogens (tertiary/aromatic N) is 2. The van der Waals surface area contributed by atoms with Crippen LogP contribution in [0.3, 0.4) is 0 Å². The first-order valence-electron chi connectivity index (χ1n) is 9.99. The van der Waals surface area contributed by atoms with E-state index in [2.05, 4.69) is 11.4 Å². The quantitative estimate of drug-likeness (QED) is 0.834. The topological polar surface area (TPSA) is 61.9 Å². The summed E-state index contributed by atoms with van der Waals surface area (Å²) < 4.78 is 5.57. The van der Waals surface area contributed by atoms with Gasteiger partial charge in [-0.2, -0.15) is 0 Å². The number of hydrogen-bond acceptors (Lipinski definition) is 3. The number of urea groups is 1. The van der Waals surface area contributed by atoms with E-state index in [1.165, 1.54) is 0 Å². The van der Waals surface area contributed by atoms with Gasteiger partial charge in [-0.3, -0.25) is 4.79 Å². The van der Waals surface area contributed by atoms with Crippen molar-refractivity contribution < 1.29 is 14.3 Å². The summed E-state index contributed by atoms with van der Waals surface area (Å²) in [4.78, 5) is 28.3. The molecule has 0 bridgehead atoms. The molecule has 1 N–H and O–H groups in total. The molecule has 2 heterocycles. The van der Waals surface area contributed by atoms with Crippen molar-refractivity contribution in [2.24, 2.45) is 5.92 Å². The fraction of sp³-hybridized carbons (Fsp3) is 0.619. The van der Waals surface area contributed by atoms with Crippen molar-refractivity contribution in [3.63, 3.8) is 0 Å². The maximum Gasteiger partial charge on any atom is 0.319 e. The largest absolute Gasteiger partial charge is 0.381 e. The first kappa shape index (κ1) is 20.9.